The lowest BCUT2D eigenvalue weighted by Gasteiger charge is -2.31. The molecule has 0 spiro atoms. The van der Waals surface area contributed by atoms with Gasteiger partial charge in [0.05, 0.1) is 18.8 Å². The molecule has 2 atom stereocenters. The summed E-state index contributed by atoms with van der Waals surface area (Å²) in [5, 5.41) is 4.92. The second-order valence-corrected chi connectivity index (χ2v) is 8.64. The van der Waals surface area contributed by atoms with Gasteiger partial charge < -0.3 is 14.5 Å². The highest BCUT2D eigenvalue weighted by molar-refractivity contribution is 7.10. The van der Waals surface area contributed by atoms with Crippen LogP contribution in [0.1, 0.15) is 35.1 Å². The summed E-state index contributed by atoms with van der Waals surface area (Å²) in [7, 11) is 0. The van der Waals surface area contributed by atoms with E-state index in [2.05, 4.69) is 5.32 Å². The number of carbonyl (C=O) groups is 2. The Morgan fingerprint density at radius 3 is 2.74 bits per heavy atom. The number of thiophene rings is 1. The molecule has 1 N–H and O–H groups in total. The number of furan rings is 1. The van der Waals surface area contributed by atoms with Crippen molar-refractivity contribution in [2.75, 3.05) is 18.1 Å². The van der Waals surface area contributed by atoms with Crippen molar-refractivity contribution in [3.8, 4) is 0 Å². The van der Waals surface area contributed by atoms with Crippen LogP contribution in [0.15, 0.2) is 64.6 Å². The predicted octanol–water partition coefficient (Wildman–Crippen LogP) is 4.26. The van der Waals surface area contributed by atoms with E-state index in [4.69, 9.17) is 9.15 Å². The quantitative estimate of drug-likeness (QED) is 0.570. The molecule has 31 heavy (non-hydrogen) atoms. The van der Waals surface area contributed by atoms with Crippen LogP contribution in [0, 0.1) is 6.92 Å². The van der Waals surface area contributed by atoms with Crippen molar-refractivity contribution in [3.05, 3.63) is 76.4 Å². The Bertz CT molecular complexity index is 995. The fraction of sp³-hybridized carbons (Fsp3) is 0.333. The molecule has 2 aromatic heterocycles. The van der Waals surface area contributed by atoms with Gasteiger partial charge in [0.2, 0.25) is 5.91 Å². The molecule has 4 rings (SSSR count). The second-order valence-electron chi connectivity index (χ2n) is 7.60. The first-order valence-corrected chi connectivity index (χ1v) is 11.3. The minimum absolute atomic E-state index is 0.00920. The minimum atomic E-state index is -0.912. The van der Waals surface area contributed by atoms with Crippen LogP contribution >= 0.6 is 11.3 Å². The van der Waals surface area contributed by atoms with Crippen molar-refractivity contribution in [1.29, 1.82) is 0 Å². The molecule has 1 aliphatic heterocycles. The number of rotatable bonds is 8. The van der Waals surface area contributed by atoms with Crippen LogP contribution < -0.4 is 10.2 Å². The Morgan fingerprint density at radius 2 is 2.06 bits per heavy atom. The van der Waals surface area contributed by atoms with E-state index in [1.54, 1.807) is 17.0 Å². The number of para-hydroxylation sites is 1. The Kier molecular flexibility index (Phi) is 6.84. The zero-order chi connectivity index (χ0) is 21.6. The molecule has 162 valence electrons. The molecule has 7 heteroatoms. The molecule has 0 radical (unpaired) electrons. The first kappa shape index (κ1) is 21.3. The summed E-state index contributed by atoms with van der Waals surface area (Å²) >= 11 is 1.52. The highest BCUT2D eigenvalue weighted by atomic mass is 32.1. The maximum atomic E-state index is 13.6. The van der Waals surface area contributed by atoms with Gasteiger partial charge in [0.25, 0.3) is 5.91 Å². The molecule has 1 fully saturated rings. The van der Waals surface area contributed by atoms with Crippen molar-refractivity contribution in [2.24, 2.45) is 0 Å². The van der Waals surface area contributed by atoms with Crippen molar-refractivity contribution in [3.63, 3.8) is 0 Å². The largest absolute Gasteiger partial charge is 0.467 e. The van der Waals surface area contributed by atoms with E-state index in [1.807, 2.05) is 48.7 Å². The molecule has 2 unspecified atom stereocenters. The fourth-order valence-corrected chi connectivity index (χ4v) is 4.53. The number of amides is 2. The Morgan fingerprint density at radius 1 is 1.19 bits per heavy atom. The number of hydrogen-bond acceptors (Lipinski definition) is 5. The van der Waals surface area contributed by atoms with Gasteiger partial charge in [-0.25, -0.2) is 0 Å². The van der Waals surface area contributed by atoms with Gasteiger partial charge in [-0.1, -0.05) is 24.3 Å². The summed E-state index contributed by atoms with van der Waals surface area (Å²) in [5.74, 6) is -0.0220. The molecular weight excluding hydrogens is 412 g/mol. The van der Waals surface area contributed by atoms with Crippen LogP contribution in [0.2, 0.25) is 0 Å². The second kappa shape index (κ2) is 9.94. The maximum absolute atomic E-state index is 13.6. The lowest BCUT2D eigenvalue weighted by Crippen LogP contribution is -2.46. The van der Waals surface area contributed by atoms with Gasteiger partial charge in [-0.3, -0.25) is 14.5 Å². The zero-order valence-corrected chi connectivity index (χ0v) is 18.3. The number of ether oxygens (including phenoxy) is 1. The third-order valence-electron chi connectivity index (χ3n) is 5.40. The van der Waals surface area contributed by atoms with Crippen LogP contribution in [0.25, 0.3) is 0 Å². The van der Waals surface area contributed by atoms with Crippen molar-refractivity contribution in [2.45, 2.75) is 38.3 Å². The molecule has 3 aromatic rings. The Hall–Kier alpha value is -2.90. The average molecular weight is 439 g/mol. The SMILES string of the molecule is Cc1ccccc1N(C(=O)Cc1cccs1)C(C(=O)NCC1CCCO1)c1ccco1. The summed E-state index contributed by atoms with van der Waals surface area (Å²) in [5.41, 5.74) is 1.60. The zero-order valence-electron chi connectivity index (χ0n) is 17.5. The average Bonchev–Trinajstić information content (AvgIpc) is 3.55. The van der Waals surface area contributed by atoms with Gasteiger partial charge in [-0.2, -0.15) is 0 Å². The van der Waals surface area contributed by atoms with E-state index in [0.717, 1.165) is 29.9 Å². The normalized spacial score (nSPS) is 16.7. The summed E-state index contributed by atoms with van der Waals surface area (Å²) in [6.45, 7) is 3.07. The van der Waals surface area contributed by atoms with E-state index >= 15 is 0 Å². The number of hydrogen-bond donors (Lipinski definition) is 1. The number of carbonyl (C=O) groups excluding carboxylic acids is 2. The third kappa shape index (κ3) is 5.06. The monoisotopic (exact) mass is 438 g/mol. The molecular formula is C24H26N2O4S. The van der Waals surface area contributed by atoms with Gasteiger partial charge in [0, 0.05) is 23.7 Å². The summed E-state index contributed by atoms with van der Waals surface area (Å²) in [4.78, 5) is 29.5. The van der Waals surface area contributed by atoms with Crippen molar-refractivity contribution < 1.29 is 18.7 Å². The number of nitrogens with one attached hydrogen (secondary N) is 1. The summed E-state index contributed by atoms with van der Waals surface area (Å²) in [6.07, 6.45) is 3.66. The summed E-state index contributed by atoms with van der Waals surface area (Å²) < 4.78 is 11.3. The van der Waals surface area contributed by atoms with Crippen LogP contribution in [-0.4, -0.2) is 31.1 Å². The smallest absolute Gasteiger partial charge is 0.251 e. The van der Waals surface area contributed by atoms with Gasteiger partial charge in [0.15, 0.2) is 6.04 Å². The lowest BCUT2D eigenvalue weighted by molar-refractivity contribution is -0.127. The van der Waals surface area contributed by atoms with Crippen molar-refractivity contribution in [1.82, 2.24) is 5.32 Å². The first-order chi connectivity index (χ1) is 15.1. The maximum Gasteiger partial charge on any atom is 0.251 e. The first-order valence-electron chi connectivity index (χ1n) is 10.5. The third-order valence-corrected chi connectivity index (χ3v) is 6.27. The summed E-state index contributed by atoms with van der Waals surface area (Å²) in [6, 6.07) is 14.0. The van der Waals surface area contributed by atoms with Gasteiger partial charge >= 0.3 is 0 Å². The molecule has 1 aliphatic rings. The van der Waals surface area contributed by atoms with Crippen LogP contribution in [0.3, 0.4) is 0 Å². The molecule has 0 saturated carbocycles. The molecule has 1 aromatic carbocycles. The molecule has 6 nitrogen and oxygen atoms in total. The van der Waals surface area contributed by atoms with Crippen LogP contribution in [0.5, 0.6) is 0 Å². The van der Waals surface area contributed by atoms with E-state index in [0.29, 0.717) is 18.0 Å². The van der Waals surface area contributed by atoms with Gasteiger partial charge in [0.1, 0.15) is 5.76 Å². The number of anilines is 1. The van der Waals surface area contributed by atoms with Crippen LogP contribution in [0.4, 0.5) is 5.69 Å². The fourth-order valence-electron chi connectivity index (χ4n) is 3.84. The van der Waals surface area contributed by atoms with E-state index in [1.165, 1.54) is 17.6 Å². The molecule has 2 amide bonds. The molecule has 0 bridgehead atoms. The van der Waals surface area contributed by atoms with E-state index < -0.39 is 6.04 Å². The van der Waals surface area contributed by atoms with Crippen molar-refractivity contribution >= 4 is 28.8 Å². The highest BCUT2D eigenvalue weighted by Gasteiger charge is 2.35. The Labute approximate surface area is 185 Å². The van der Waals surface area contributed by atoms with E-state index in [-0.39, 0.29) is 24.3 Å². The molecule has 0 aliphatic carbocycles. The topological polar surface area (TPSA) is 71.8 Å². The molecule has 3 heterocycles. The lowest BCUT2D eigenvalue weighted by atomic mass is 10.1. The predicted molar refractivity (Wildman–Crippen MR) is 120 cm³/mol. The van der Waals surface area contributed by atoms with Gasteiger partial charge in [-0.05, 0) is 55.0 Å². The number of nitrogens with zero attached hydrogens (tertiary/aromatic N) is 1. The number of aryl methyl sites for hydroxylation is 1. The number of benzene rings is 1. The standard InChI is InChI=1S/C24H26N2O4S/c1-17-7-2-3-10-20(17)26(22(27)15-19-9-6-14-31-19)23(21-11-5-13-30-21)24(28)25-16-18-8-4-12-29-18/h2-3,5-7,9-11,13-14,18,23H,4,8,12,15-16H2,1H3,(H,25,28). The minimum Gasteiger partial charge on any atom is -0.467 e. The highest BCUT2D eigenvalue weighted by Crippen LogP contribution is 2.32. The Balaban J connectivity index is 1.67. The van der Waals surface area contributed by atoms with E-state index in [9.17, 15) is 9.59 Å². The molecule has 1 saturated heterocycles. The van der Waals surface area contributed by atoms with Crippen LogP contribution in [-0.2, 0) is 20.7 Å². The van der Waals surface area contributed by atoms with Gasteiger partial charge in [-0.15, -0.1) is 11.3 Å².